The van der Waals surface area contributed by atoms with Crippen molar-refractivity contribution in [3.05, 3.63) is 29.3 Å². The molecule has 1 aliphatic rings. The number of hydrogen-bond donors (Lipinski definition) is 2. The molecule has 2 atom stereocenters. The molecule has 8 heteroatoms. The Balaban J connectivity index is 0.00000480. The SMILES string of the molecule is CCNC(=NCc1ccc(C)cc1OCCCOC)NCC(C)N1CCOCC1C.I. The van der Waals surface area contributed by atoms with Crippen molar-refractivity contribution >= 4 is 29.9 Å². The van der Waals surface area contributed by atoms with E-state index in [2.05, 4.69) is 61.4 Å². The second-order valence-corrected chi connectivity index (χ2v) is 7.89. The Morgan fingerprint density at radius 3 is 2.84 bits per heavy atom. The van der Waals surface area contributed by atoms with Crippen LogP contribution in [0.15, 0.2) is 23.2 Å². The average Bonchev–Trinajstić information content (AvgIpc) is 2.74. The van der Waals surface area contributed by atoms with E-state index in [0.29, 0.717) is 31.8 Å². The predicted molar refractivity (Wildman–Crippen MR) is 138 cm³/mol. The van der Waals surface area contributed by atoms with Crippen molar-refractivity contribution < 1.29 is 14.2 Å². The first kappa shape index (κ1) is 27.9. The molecule has 2 unspecified atom stereocenters. The molecule has 0 bridgehead atoms. The van der Waals surface area contributed by atoms with Gasteiger partial charge in [-0.15, -0.1) is 24.0 Å². The van der Waals surface area contributed by atoms with Crippen molar-refractivity contribution in [1.82, 2.24) is 15.5 Å². The number of benzene rings is 1. The van der Waals surface area contributed by atoms with Gasteiger partial charge in [0.25, 0.3) is 0 Å². The number of halogens is 1. The van der Waals surface area contributed by atoms with Crippen LogP contribution in [0.5, 0.6) is 5.75 Å². The van der Waals surface area contributed by atoms with E-state index in [1.165, 1.54) is 5.56 Å². The van der Waals surface area contributed by atoms with Crippen LogP contribution in [-0.2, 0) is 16.0 Å². The fourth-order valence-electron chi connectivity index (χ4n) is 3.57. The number of hydrogen-bond acceptors (Lipinski definition) is 5. The number of methoxy groups -OCH3 is 1. The van der Waals surface area contributed by atoms with Gasteiger partial charge in [0.15, 0.2) is 5.96 Å². The highest BCUT2D eigenvalue weighted by Gasteiger charge is 2.23. The quantitative estimate of drug-likeness (QED) is 0.192. The van der Waals surface area contributed by atoms with Gasteiger partial charge in [-0.2, -0.15) is 0 Å². The van der Waals surface area contributed by atoms with E-state index in [9.17, 15) is 0 Å². The summed E-state index contributed by atoms with van der Waals surface area (Å²) in [5, 5.41) is 6.85. The fourth-order valence-corrected chi connectivity index (χ4v) is 3.57. The molecule has 31 heavy (non-hydrogen) atoms. The molecule has 0 radical (unpaired) electrons. The van der Waals surface area contributed by atoms with Gasteiger partial charge in [-0.25, -0.2) is 4.99 Å². The van der Waals surface area contributed by atoms with E-state index < -0.39 is 0 Å². The Bertz CT molecular complexity index is 660. The van der Waals surface area contributed by atoms with E-state index in [-0.39, 0.29) is 24.0 Å². The molecule has 1 saturated heterocycles. The van der Waals surface area contributed by atoms with Crippen molar-refractivity contribution in [2.75, 3.05) is 53.2 Å². The molecular formula is C23H41IN4O3. The molecule has 1 aromatic carbocycles. The van der Waals surface area contributed by atoms with Crippen molar-refractivity contribution in [3.8, 4) is 5.75 Å². The molecular weight excluding hydrogens is 507 g/mol. The molecule has 0 aromatic heterocycles. The summed E-state index contributed by atoms with van der Waals surface area (Å²) in [5.41, 5.74) is 2.27. The first-order valence-corrected chi connectivity index (χ1v) is 11.1. The molecule has 1 aromatic rings. The van der Waals surface area contributed by atoms with Gasteiger partial charge in [-0.05, 0) is 39.3 Å². The maximum absolute atomic E-state index is 5.99. The first-order chi connectivity index (χ1) is 14.5. The third-order valence-corrected chi connectivity index (χ3v) is 5.27. The summed E-state index contributed by atoms with van der Waals surface area (Å²) in [5.74, 6) is 1.73. The van der Waals surface area contributed by atoms with Crippen LogP contribution in [0.1, 0.15) is 38.3 Å². The van der Waals surface area contributed by atoms with Crippen LogP contribution >= 0.6 is 24.0 Å². The summed E-state index contributed by atoms with van der Waals surface area (Å²) in [4.78, 5) is 7.29. The molecule has 0 aliphatic carbocycles. The molecule has 1 aliphatic heterocycles. The monoisotopic (exact) mass is 548 g/mol. The average molecular weight is 549 g/mol. The summed E-state index contributed by atoms with van der Waals surface area (Å²) in [6.45, 7) is 14.8. The number of aryl methyl sites for hydroxylation is 1. The van der Waals surface area contributed by atoms with Gasteiger partial charge in [0.05, 0.1) is 26.4 Å². The number of morpholine rings is 1. The molecule has 0 amide bonds. The standard InChI is InChI=1S/C23H40N4O3.HI/c1-6-24-23(25-15-19(3)27-10-13-29-17-20(27)4)26-16-21-9-8-18(2)14-22(21)30-12-7-11-28-5;/h8-9,14,19-20H,6-7,10-13,15-17H2,1-5H3,(H2,24,25,26);1H. The van der Waals surface area contributed by atoms with Crippen LogP contribution in [0.4, 0.5) is 0 Å². The molecule has 0 saturated carbocycles. The Morgan fingerprint density at radius 2 is 2.13 bits per heavy atom. The lowest BCUT2D eigenvalue weighted by atomic mass is 10.1. The zero-order chi connectivity index (χ0) is 21.8. The van der Waals surface area contributed by atoms with Crippen LogP contribution in [-0.4, -0.2) is 76.1 Å². The van der Waals surface area contributed by atoms with Gasteiger partial charge in [0.1, 0.15) is 5.75 Å². The summed E-state index contributed by atoms with van der Waals surface area (Å²) in [6.07, 6.45) is 0.870. The van der Waals surface area contributed by atoms with Crippen molar-refractivity contribution in [2.24, 2.45) is 4.99 Å². The number of rotatable bonds is 11. The van der Waals surface area contributed by atoms with Crippen LogP contribution in [0.3, 0.4) is 0 Å². The minimum atomic E-state index is 0. The number of nitrogens with zero attached hydrogens (tertiary/aromatic N) is 2. The number of ether oxygens (including phenoxy) is 3. The minimum Gasteiger partial charge on any atom is -0.493 e. The first-order valence-electron chi connectivity index (χ1n) is 11.1. The zero-order valence-electron chi connectivity index (χ0n) is 19.8. The molecule has 2 rings (SSSR count). The summed E-state index contributed by atoms with van der Waals surface area (Å²) < 4.78 is 16.7. The molecule has 1 fully saturated rings. The van der Waals surface area contributed by atoms with Crippen LogP contribution in [0, 0.1) is 6.92 Å². The third kappa shape index (κ3) is 9.93. The second-order valence-electron chi connectivity index (χ2n) is 7.89. The maximum atomic E-state index is 5.99. The summed E-state index contributed by atoms with van der Waals surface area (Å²) >= 11 is 0. The van der Waals surface area contributed by atoms with Crippen molar-refractivity contribution in [2.45, 2.75) is 52.7 Å². The summed E-state index contributed by atoms with van der Waals surface area (Å²) in [6, 6.07) is 7.15. The third-order valence-electron chi connectivity index (χ3n) is 5.27. The minimum absolute atomic E-state index is 0. The Hall–Kier alpha value is -1.10. The topological polar surface area (TPSA) is 67.4 Å². The Kier molecular flexibility index (Phi) is 14.1. The number of aliphatic imine (C=N–C) groups is 1. The Labute approximate surface area is 205 Å². The van der Waals surface area contributed by atoms with Crippen LogP contribution in [0.2, 0.25) is 0 Å². The number of nitrogens with one attached hydrogen (secondary N) is 2. The van der Waals surface area contributed by atoms with Crippen LogP contribution in [0.25, 0.3) is 0 Å². The zero-order valence-corrected chi connectivity index (χ0v) is 22.1. The van der Waals surface area contributed by atoms with Gasteiger partial charge < -0.3 is 24.8 Å². The van der Waals surface area contributed by atoms with Crippen LogP contribution < -0.4 is 15.4 Å². The lowest BCUT2D eigenvalue weighted by Gasteiger charge is -2.38. The Morgan fingerprint density at radius 1 is 1.32 bits per heavy atom. The lowest BCUT2D eigenvalue weighted by Crippen LogP contribution is -2.53. The van der Waals surface area contributed by atoms with Crippen molar-refractivity contribution in [1.29, 1.82) is 0 Å². The highest BCUT2D eigenvalue weighted by molar-refractivity contribution is 14.0. The lowest BCUT2D eigenvalue weighted by molar-refractivity contribution is -0.0174. The van der Waals surface area contributed by atoms with Crippen molar-refractivity contribution in [3.63, 3.8) is 0 Å². The second kappa shape index (κ2) is 15.7. The smallest absolute Gasteiger partial charge is 0.191 e. The van der Waals surface area contributed by atoms with E-state index in [0.717, 1.165) is 56.5 Å². The summed E-state index contributed by atoms with van der Waals surface area (Å²) in [7, 11) is 1.71. The van der Waals surface area contributed by atoms with E-state index in [4.69, 9.17) is 19.2 Å². The molecule has 2 N–H and O–H groups in total. The van der Waals surface area contributed by atoms with E-state index in [1.54, 1.807) is 7.11 Å². The van der Waals surface area contributed by atoms with E-state index >= 15 is 0 Å². The highest BCUT2D eigenvalue weighted by Crippen LogP contribution is 2.21. The maximum Gasteiger partial charge on any atom is 0.191 e. The van der Waals surface area contributed by atoms with E-state index in [1.807, 2.05) is 0 Å². The van der Waals surface area contributed by atoms with Gasteiger partial charge >= 0.3 is 0 Å². The molecule has 7 nitrogen and oxygen atoms in total. The molecule has 178 valence electrons. The molecule has 0 spiro atoms. The van der Waals surface area contributed by atoms with Gasteiger partial charge in [-0.1, -0.05) is 12.1 Å². The number of guanidine groups is 1. The van der Waals surface area contributed by atoms with Gasteiger partial charge in [0.2, 0.25) is 0 Å². The fraction of sp³-hybridized carbons (Fsp3) is 0.696. The normalized spacial score (nSPS) is 18.2. The molecule has 1 heterocycles. The predicted octanol–water partition coefficient (Wildman–Crippen LogP) is 3.19. The highest BCUT2D eigenvalue weighted by atomic mass is 127. The van der Waals surface area contributed by atoms with Gasteiger partial charge in [0, 0.05) is 57.4 Å². The largest absolute Gasteiger partial charge is 0.493 e. The van der Waals surface area contributed by atoms with Gasteiger partial charge in [-0.3, -0.25) is 4.90 Å².